The zero-order chi connectivity index (χ0) is 17.7. The van der Waals surface area contributed by atoms with E-state index in [0.29, 0.717) is 24.5 Å². The van der Waals surface area contributed by atoms with Gasteiger partial charge >= 0.3 is 6.09 Å². The highest BCUT2D eigenvalue weighted by Gasteiger charge is 2.40. The molecule has 0 radical (unpaired) electrons. The fourth-order valence-electron chi connectivity index (χ4n) is 4.54. The first-order valence-corrected chi connectivity index (χ1v) is 9.58. The summed E-state index contributed by atoms with van der Waals surface area (Å²) in [6.07, 6.45) is 1.87. The van der Waals surface area contributed by atoms with E-state index in [0.717, 1.165) is 24.0 Å². The summed E-state index contributed by atoms with van der Waals surface area (Å²) in [4.78, 5) is 19.2. The van der Waals surface area contributed by atoms with Crippen LogP contribution >= 0.6 is 15.9 Å². The molecule has 1 amide bonds. The van der Waals surface area contributed by atoms with Crippen LogP contribution in [-0.2, 0) is 11.2 Å². The number of aromatic amines is 1. The van der Waals surface area contributed by atoms with E-state index in [1.165, 1.54) is 26.9 Å². The van der Waals surface area contributed by atoms with E-state index in [9.17, 15) is 4.79 Å². The number of benzene rings is 1. The fraction of sp³-hybridized carbons (Fsp3) is 0.526. The predicted molar refractivity (Wildman–Crippen MR) is 102 cm³/mol. The number of aromatic nitrogens is 1. The molecule has 2 aliphatic rings. The van der Waals surface area contributed by atoms with Gasteiger partial charge in [0.15, 0.2) is 0 Å². The summed E-state index contributed by atoms with van der Waals surface area (Å²) in [5, 5.41) is 1.38. The lowest BCUT2D eigenvalue weighted by molar-refractivity contribution is 0.0527. The minimum atomic E-state index is -0.257. The molecule has 25 heavy (non-hydrogen) atoms. The molecular formula is C19H24BrN3O2. The molecule has 2 heterocycles. The molecule has 4 rings (SSSR count). The van der Waals surface area contributed by atoms with Gasteiger partial charge < -0.3 is 19.5 Å². The van der Waals surface area contributed by atoms with Crippen molar-refractivity contribution in [1.82, 2.24) is 14.8 Å². The average Bonchev–Trinajstić information content (AvgIpc) is 2.90. The van der Waals surface area contributed by atoms with Crippen LogP contribution in [-0.4, -0.2) is 61.2 Å². The van der Waals surface area contributed by atoms with Gasteiger partial charge in [0.05, 0.1) is 11.2 Å². The molecule has 1 N–H and O–H groups in total. The molecule has 1 aromatic carbocycles. The molecule has 1 saturated heterocycles. The lowest BCUT2D eigenvalue weighted by atomic mass is 9.72. The lowest BCUT2D eigenvalue weighted by Gasteiger charge is -2.45. The van der Waals surface area contributed by atoms with Gasteiger partial charge in [-0.15, -0.1) is 0 Å². The third-order valence-electron chi connectivity index (χ3n) is 5.69. The van der Waals surface area contributed by atoms with Crippen LogP contribution in [0.25, 0.3) is 10.9 Å². The van der Waals surface area contributed by atoms with Gasteiger partial charge in [-0.3, -0.25) is 0 Å². The Hall–Kier alpha value is -1.53. The smallest absolute Gasteiger partial charge is 0.409 e. The monoisotopic (exact) mass is 405 g/mol. The van der Waals surface area contributed by atoms with Gasteiger partial charge in [0, 0.05) is 49.4 Å². The number of nitrogens with zero attached hydrogens (tertiary/aromatic N) is 2. The molecule has 6 heteroatoms. The van der Waals surface area contributed by atoms with Crippen LogP contribution in [0.15, 0.2) is 22.8 Å². The van der Waals surface area contributed by atoms with E-state index in [2.05, 4.69) is 51.1 Å². The molecule has 2 aromatic rings. The van der Waals surface area contributed by atoms with Gasteiger partial charge in [-0.25, -0.2) is 4.79 Å². The Morgan fingerprint density at radius 1 is 1.44 bits per heavy atom. The zero-order valence-corrected chi connectivity index (χ0v) is 16.5. The number of carbonyl (C=O) groups excluding carboxylic acids is 1. The van der Waals surface area contributed by atoms with Crippen molar-refractivity contribution in [2.45, 2.75) is 24.8 Å². The SMILES string of the molecule is CN(C)C(=O)OC[C@@H]1C[C@@H]2c3cccc4[nH]c(Br)c(c34)C[C@H]2N(C)C1. The molecule has 1 fully saturated rings. The van der Waals surface area contributed by atoms with Crippen LogP contribution in [0, 0.1) is 5.92 Å². The third-order valence-corrected chi connectivity index (χ3v) is 6.37. The Morgan fingerprint density at radius 3 is 3.00 bits per heavy atom. The summed E-state index contributed by atoms with van der Waals surface area (Å²) < 4.78 is 6.58. The molecule has 0 spiro atoms. The van der Waals surface area contributed by atoms with Crippen molar-refractivity contribution >= 4 is 32.9 Å². The van der Waals surface area contributed by atoms with Crippen LogP contribution in [0.1, 0.15) is 23.5 Å². The molecule has 0 unspecified atom stereocenters. The zero-order valence-electron chi connectivity index (χ0n) is 14.9. The normalized spacial score (nSPS) is 25.7. The molecule has 1 aliphatic heterocycles. The highest BCUT2D eigenvalue weighted by molar-refractivity contribution is 9.10. The second-order valence-electron chi connectivity index (χ2n) is 7.58. The largest absolute Gasteiger partial charge is 0.449 e. The standard InChI is InChI=1S/C19H24BrN3O2/c1-22(2)19(24)25-10-11-7-13-12-5-4-6-15-17(12)14(18(20)21-15)8-16(13)23(3)9-11/h4-6,11,13,16,21H,7-10H2,1-3H3/t11-,13-,16-/m1/s1. The van der Waals surface area contributed by atoms with Crippen molar-refractivity contribution in [3.63, 3.8) is 0 Å². The molecular weight excluding hydrogens is 382 g/mol. The highest BCUT2D eigenvalue weighted by Crippen LogP contribution is 2.46. The number of hydrogen-bond donors (Lipinski definition) is 1. The second kappa shape index (κ2) is 6.32. The maximum atomic E-state index is 11.8. The van der Waals surface area contributed by atoms with E-state index in [1.54, 1.807) is 14.1 Å². The van der Waals surface area contributed by atoms with Crippen LogP contribution in [0.5, 0.6) is 0 Å². The van der Waals surface area contributed by atoms with Crippen molar-refractivity contribution in [3.05, 3.63) is 33.9 Å². The van der Waals surface area contributed by atoms with Crippen molar-refractivity contribution < 1.29 is 9.53 Å². The van der Waals surface area contributed by atoms with E-state index >= 15 is 0 Å². The van der Waals surface area contributed by atoms with Crippen LogP contribution in [0.3, 0.4) is 0 Å². The Kier molecular flexibility index (Phi) is 4.28. The number of halogens is 1. The Morgan fingerprint density at radius 2 is 2.24 bits per heavy atom. The summed E-state index contributed by atoms with van der Waals surface area (Å²) >= 11 is 3.70. The number of likely N-dealkylation sites (N-methyl/N-ethyl adjacent to an activating group) is 1. The van der Waals surface area contributed by atoms with Gasteiger partial charge in [0.1, 0.15) is 0 Å². The van der Waals surface area contributed by atoms with Crippen LogP contribution in [0.4, 0.5) is 4.79 Å². The highest BCUT2D eigenvalue weighted by atomic mass is 79.9. The number of carbonyl (C=O) groups is 1. The summed E-state index contributed by atoms with van der Waals surface area (Å²) in [6.45, 7) is 1.46. The Bertz CT molecular complexity index is 816. The van der Waals surface area contributed by atoms with Gasteiger partial charge in [0.25, 0.3) is 0 Å². The second-order valence-corrected chi connectivity index (χ2v) is 8.37. The maximum absolute atomic E-state index is 11.8. The molecule has 0 saturated carbocycles. The van der Waals surface area contributed by atoms with Gasteiger partial charge in [-0.1, -0.05) is 12.1 Å². The first-order chi connectivity index (χ1) is 12.0. The minimum absolute atomic E-state index is 0.257. The summed E-state index contributed by atoms with van der Waals surface area (Å²) in [5.74, 6) is 0.857. The Labute approximate surface area is 156 Å². The number of hydrogen-bond acceptors (Lipinski definition) is 3. The number of fused-ring (bicyclic) bond motifs is 2. The number of piperidine rings is 1. The number of nitrogens with one attached hydrogen (secondary N) is 1. The molecule has 3 atom stereocenters. The summed E-state index contributed by atoms with van der Waals surface area (Å²) in [6, 6.07) is 7.06. The predicted octanol–water partition coefficient (Wildman–Crippen LogP) is 3.59. The van der Waals surface area contributed by atoms with E-state index in [-0.39, 0.29) is 6.09 Å². The molecule has 0 bridgehead atoms. The topological polar surface area (TPSA) is 48.6 Å². The van der Waals surface area contributed by atoms with Gasteiger partial charge in [-0.05, 0) is 53.0 Å². The quantitative estimate of drug-likeness (QED) is 0.830. The maximum Gasteiger partial charge on any atom is 0.409 e. The number of H-pyrrole nitrogens is 1. The van der Waals surface area contributed by atoms with E-state index in [1.807, 2.05) is 0 Å². The van der Waals surface area contributed by atoms with E-state index < -0.39 is 0 Å². The summed E-state index contributed by atoms with van der Waals surface area (Å²) in [5.41, 5.74) is 4.04. The first-order valence-electron chi connectivity index (χ1n) is 8.79. The molecule has 1 aromatic heterocycles. The van der Waals surface area contributed by atoms with E-state index in [4.69, 9.17) is 4.74 Å². The lowest BCUT2D eigenvalue weighted by Crippen LogP contribution is -2.49. The number of rotatable bonds is 2. The van der Waals surface area contributed by atoms with Gasteiger partial charge in [0.2, 0.25) is 0 Å². The van der Waals surface area contributed by atoms with Crippen LogP contribution in [0.2, 0.25) is 0 Å². The van der Waals surface area contributed by atoms with Crippen molar-refractivity contribution in [2.75, 3.05) is 34.3 Å². The van der Waals surface area contributed by atoms with Crippen LogP contribution < -0.4 is 0 Å². The summed E-state index contributed by atoms with van der Waals surface area (Å²) in [7, 11) is 5.64. The fourth-order valence-corrected chi connectivity index (χ4v) is 5.11. The van der Waals surface area contributed by atoms with Crippen molar-refractivity contribution in [3.8, 4) is 0 Å². The number of likely N-dealkylation sites (tertiary alicyclic amines) is 1. The molecule has 134 valence electrons. The molecule has 1 aliphatic carbocycles. The third kappa shape index (κ3) is 2.85. The van der Waals surface area contributed by atoms with Crippen molar-refractivity contribution in [1.29, 1.82) is 0 Å². The average molecular weight is 406 g/mol. The minimum Gasteiger partial charge on any atom is -0.449 e. The van der Waals surface area contributed by atoms with Gasteiger partial charge in [-0.2, -0.15) is 0 Å². The number of ether oxygens (including phenoxy) is 1. The molecule has 5 nitrogen and oxygen atoms in total. The first kappa shape index (κ1) is 16.9. The van der Waals surface area contributed by atoms with Crippen molar-refractivity contribution in [2.24, 2.45) is 5.92 Å². The number of amides is 1. The Balaban J connectivity index is 1.61.